The molecule has 2 N–H and O–H groups in total. The summed E-state index contributed by atoms with van der Waals surface area (Å²) in [6, 6.07) is 0.301. The Labute approximate surface area is 119 Å². The monoisotopic (exact) mass is 270 g/mol. The van der Waals surface area contributed by atoms with Gasteiger partial charge in [-0.1, -0.05) is 27.7 Å². The van der Waals surface area contributed by atoms with E-state index in [4.69, 9.17) is 5.73 Å². The highest BCUT2D eigenvalue weighted by atomic mass is 16.2. The fourth-order valence-electron chi connectivity index (χ4n) is 2.56. The number of carbonyl (C=O) groups is 1. The van der Waals surface area contributed by atoms with Crippen LogP contribution in [0.2, 0.25) is 0 Å². The number of carbonyl (C=O) groups excluding carboxylic acids is 1. The third-order valence-electron chi connectivity index (χ3n) is 3.85. The van der Waals surface area contributed by atoms with Gasteiger partial charge in [0.2, 0.25) is 5.91 Å². The highest BCUT2D eigenvalue weighted by Crippen LogP contribution is 2.32. The van der Waals surface area contributed by atoms with Crippen LogP contribution in [0.1, 0.15) is 67.2 Å². The first-order chi connectivity index (χ1) is 8.73. The van der Waals surface area contributed by atoms with E-state index >= 15 is 0 Å². The molecule has 0 aromatic rings. The van der Waals surface area contributed by atoms with E-state index in [1.165, 1.54) is 0 Å². The number of hydrogen-bond donors (Lipinski definition) is 1. The average Bonchev–Trinajstić information content (AvgIpc) is 2.29. The molecule has 0 heterocycles. The predicted molar refractivity (Wildman–Crippen MR) is 83.0 cm³/mol. The maximum atomic E-state index is 12.3. The van der Waals surface area contributed by atoms with Crippen molar-refractivity contribution in [3.8, 4) is 0 Å². The fourth-order valence-corrected chi connectivity index (χ4v) is 2.56. The first-order valence-corrected chi connectivity index (χ1v) is 7.73. The SMILES string of the molecule is CCCN(C(=O)CCC(CCN)C(C)(C)C)C(C)C. The standard InChI is InChI=1S/C16H34N2O/c1-7-12-18(13(2)3)15(19)9-8-14(10-11-17)16(4,5)6/h13-14H,7-12,17H2,1-6H3. The van der Waals surface area contributed by atoms with Crippen LogP contribution in [0, 0.1) is 11.3 Å². The van der Waals surface area contributed by atoms with Crippen LogP contribution in [0.15, 0.2) is 0 Å². The van der Waals surface area contributed by atoms with Crippen LogP contribution in [-0.2, 0) is 4.79 Å². The Morgan fingerprint density at radius 1 is 1.21 bits per heavy atom. The molecule has 0 aliphatic carbocycles. The van der Waals surface area contributed by atoms with Gasteiger partial charge in [0.05, 0.1) is 0 Å². The Kier molecular flexibility index (Phi) is 8.31. The van der Waals surface area contributed by atoms with Gasteiger partial charge in [0.15, 0.2) is 0 Å². The largest absolute Gasteiger partial charge is 0.340 e. The molecule has 114 valence electrons. The fraction of sp³-hybridized carbons (Fsp3) is 0.938. The van der Waals surface area contributed by atoms with Gasteiger partial charge in [0.25, 0.3) is 0 Å². The van der Waals surface area contributed by atoms with E-state index in [-0.39, 0.29) is 5.41 Å². The second-order valence-corrected chi connectivity index (χ2v) is 6.86. The number of hydrogen-bond acceptors (Lipinski definition) is 2. The summed E-state index contributed by atoms with van der Waals surface area (Å²) in [5.74, 6) is 0.820. The molecule has 0 rings (SSSR count). The van der Waals surface area contributed by atoms with Crippen LogP contribution < -0.4 is 5.73 Å². The Hall–Kier alpha value is -0.570. The molecule has 19 heavy (non-hydrogen) atoms. The van der Waals surface area contributed by atoms with Crippen LogP contribution >= 0.6 is 0 Å². The molecule has 0 bridgehead atoms. The molecule has 0 aromatic carbocycles. The van der Waals surface area contributed by atoms with Gasteiger partial charge in [-0.05, 0) is 51.0 Å². The Bertz CT molecular complexity index is 256. The normalized spacial score (nSPS) is 13.7. The lowest BCUT2D eigenvalue weighted by Crippen LogP contribution is -2.38. The molecule has 1 amide bonds. The van der Waals surface area contributed by atoms with Crippen molar-refractivity contribution in [2.75, 3.05) is 13.1 Å². The van der Waals surface area contributed by atoms with Gasteiger partial charge in [-0.2, -0.15) is 0 Å². The van der Waals surface area contributed by atoms with Crippen LogP contribution in [-0.4, -0.2) is 29.9 Å². The summed E-state index contributed by atoms with van der Waals surface area (Å²) in [5.41, 5.74) is 5.92. The lowest BCUT2D eigenvalue weighted by molar-refractivity contribution is -0.133. The Morgan fingerprint density at radius 3 is 2.16 bits per heavy atom. The smallest absolute Gasteiger partial charge is 0.222 e. The molecule has 0 radical (unpaired) electrons. The van der Waals surface area contributed by atoms with Crippen molar-refractivity contribution in [2.24, 2.45) is 17.1 Å². The minimum atomic E-state index is 0.229. The molecular formula is C16H34N2O. The van der Waals surface area contributed by atoms with Crippen molar-refractivity contribution in [1.29, 1.82) is 0 Å². The highest BCUT2D eigenvalue weighted by Gasteiger charge is 2.25. The van der Waals surface area contributed by atoms with Crippen LogP contribution in [0.4, 0.5) is 0 Å². The second-order valence-electron chi connectivity index (χ2n) is 6.86. The Morgan fingerprint density at radius 2 is 1.79 bits per heavy atom. The van der Waals surface area contributed by atoms with E-state index in [0.29, 0.717) is 30.8 Å². The summed E-state index contributed by atoms with van der Waals surface area (Å²) >= 11 is 0. The third-order valence-corrected chi connectivity index (χ3v) is 3.85. The van der Waals surface area contributed by atoms with Crippen molar-refractivity contribution >= 4 is 5.91 Å². The molecule has 0 spiro atoms. The number of nitrogens with two attached hydrogens (primary N) is 1. The van der Waals surface area contributed by atoms with Gasteiger partial charge in [0, 0.05) is 19.0 Å². The summed E-state index contributed by atoms with van der Waals surface area (Å²) in [4.78, 5) is 14.3. The maximum absolute atomic E-state index is 12.3. The molecule has 3 heteroatoms. The molecular weight excluding hydrogens is 236 g/mol. The summed E-state index contributed by atoms with van der Waals surface area (Å²) in [5, 5.41) is 0. The quantitative estimate of drug-likeness (QED) is 0.734. The van der Waals surface area contributed by atoms with Crippen molar-refractivity contribution in [1.82, 2.24) is 4.90 Å². The molecule has 1 unspecified atom stereocenters. The number of rotatable bonds is 8. The zero-order chi connectivity index (χ0) is 15.1. The molecule has 0 aliphatic heterocycles. The predicted octanol–water partition coefficient (Wildman–Crippen LogP) is 3.42. The van der Waals surface area contributed by atoms with Crippen molar-refractivity contribution < 1.29 is 4.79 Å². The van der Waals surface area contributed by atoms with E-state index in [9.17, 15) is 4.79 Å². The second kappa shape index (κ2) is 8.57. The summed E-state index contributed by atoms with van der Waals surface area (Å²) in [7, 11) is 0. The third kappa shape index (κ3) is 6.95. The van der Waals surface area contributed by atoms with E-state index in [1.807, 2.05) is 4.90 Å². The zero-order valence-electron chi connectivity index (χ0n) is 13.8. The lowest BCUT2D eigenvalue weighted by Gasteiger charge is -2.32. The average molecular weight is 270 g/mol. The van der Waals surface area contributed by atoms with Crippen LogP contribution in [0.3, 0.4) is 0 Å². The van der Waals surface area contributed by atoms with Crippen LogP contribution in [0.5, 0.6) is 0 Å². The number of nitrogens with zero attached hydrogens (tertiary/aromatic N) is 1. The van der Waals surface area contributed by atoms with E-state index in [2.05, 4.69) is 41.5 Å². The molecule has 0 saturated carbocycles. The molecule has 0 saturated heterocycles. The van der Waals surface area contributed by atoms with Crippen molar-refractivity contribution in [2.45, 2.75) is 73.3 Å². The van der Waals surface area contributed by atoms with Crippen LogP contribution in [0.25, 0.3) is 0 Å². The molecule has 0 aromatic heterocycles. The number of amides is 1. The topological polar surface area (TPSA) is 46.3 Å². The van der Waals surface area contributed by atoms with Gasteiger partial charge < -0.3 is 10.6 Å². The van der Waals surface area contributed by atoms with E-state index < -0.39 is 0 Å². The zero-order valence-corrected chi connectivity index (χ0v) is 13.8. The van der Waals surface area contributed by atoms with Gasteiger partial charge >= 0.3 is 0 Å². The van der Waals surface area contributed by atoms with Crippen molar-refractivity contribution in [3.63, 3.8) is 0 Å². The summed E-state index contributed by atoms with van der Waals surface area (Å²) in [6.45, 7) is 14.6. The molecule has 0 aliphatic rings. The highest BCUT2D eigenvalue weighted by molar-refractivity contribution is 5.76. The van der Waals surface area contributed by atoms with Crippen molar-refractivity contribution in [3.05, 3.63) is 0 Å². The van der Waals surface area contributed by atoms with Gasteiger partial charge in [-0.3, -0.25) is 4.79 Å². The van der Waals surface area contributed by atoms with Gasteiger partial charge in [-0.25, -0.2) is 0 Å². The molecule has 1 atom stereocenters. The summed E-state index contributed by atoms with van der Waals surface area (Å²) in [6.07, 6.45) is 3.63. The minimum absolute atomic E-state index is 0.229. The van der Waals surface area contributed by atoms with Gasteiger partial charge in [-0.15, -0.1) is 0 Å². The summed E-state index contributed by atoms with van der Waals surface area (Å²) < 4.78 is 0. The maximum Gasteiger partial charge on any atom is 0.222 e. The van der Waals surface area contributed by atoms with E-state index in [1.54, 1.807) is 0 Å². The Balaban J connectivity index is 4.45. The van der Waals surface area contributed by atoms with E-state index in [0.717, 1.165) is 25.8 Å². The lowest BCUT2D eigenvalue weighted by atomic mass is 9.76. The first-order valence-electron chi connectivity index (χ1n) is 7.73. The molecule has 0 fully saturated rings. The first kappa shape index (κ1) is 18.4. The minimum Gasteiger partial charge on any atom is -0.340 e. The molecule has 3 nitrogen and oxygen atoms in total. The van der Waals surface area contributed by atoms with Gasteiger partial charge in [0.1, 0.15) is 0 Å².